The van der Waals surface area contributed by atoms with Crippen LogP contribution < -0.4 is 4.74 Å². The zero-order valence-corrected chi connectivity index (χ0v) is 17.8. The van der Waals surface area contributed by atoms with Gasteiger partial charge >= 0.3 is 0 Å². The van der Waals surface area contributed by atoms with Crippen molar-refractivity contribution >= 4 is 5.78 Å². The third-order valence-corrected chi connectivity index (χ3v) is 5.19. The molecule has 3 rings (SSSR count). The van der Waals surface area contributed by atoms with Crippen molar-refractivity contribution in [2.24, 2.45) is 0 Å². The van der Waals surface area contributed by atoms with Crippen LogP contribution in [-0.4, -0.2) is 21.1 Å². The van der Waals surface area contributed by atoms with Crippen LogP contribution in [0.1, 0.15) is 67.3 Å². The first kappa shape index (κ1) is 21.5. The highest BCUT2D eigenvalue weighted by Crippen LogP contribution is 2.44. The summed E-state index contributed by atoms with van der Waals surface area (Å²) in [6, 6.07) is 6.07. The van der Waals surface area contributed by atoms with E-state index in [2.05, 4.69) is 0 Å². The number of hydrogen-bond donors (Lipinski definition) is 3. The summed E-state index contributed by atoms with van der Waals surface area (Å²) < 4.78 is 6.17. The average Bonchev–Trinajstić information content (AvgIpc) is 2.66. The largest absolute Gasteiger partial charge is 0.508 e. The van der Waals surface area contributed by atoms with Crippen molar-refractivity contribution in [1.82, 2.24) is 0 Å². The van der Waals surface area contributed by atoms with E-state index in [0.717, 1.165) is 11.1 Å². The van der Waals surface area contributed by atoms with E-state index in [-0.39, 0.29) is 29.5 Å². The molecule has 0 spiro atoms. The first-order valence-corrected chi connectivity index (χ1v) is 10.0. The Bertz CT molecular complexity index is 1040. The van der Waals surface area contributed by atoms with E-state index in [0.29, 0.717) is 40.8 Å². The van der Waals surface area contributed by atoms with Crippen LogP contribution in [0.3, 0.4) is 0 Å². The Morgan fingerprint density at radius 1 is 0.967 bits per heavy atom. The third-order valence-electron chi connectivity index (χ3n) is 5.19. The highest BCUT2D eigenvalue weighted by molar-refractivity contribution is 6.00. The van der Waals surface area contributed by atoms with Gasteiger partial charge in [-0.05, 0) is 64.3 Å². The monoisotopic (exact) mass is 408 g/mol. The Morgan fingerprint density at radius 3 is 2.30 bits per heavy atom. The molecule has 0 aliphatic carbocycles. The maximum absolute atomic E-state index is 12.8. The van der Waals surface area contributed by atoms with E-state index in [1.807, 2.05) is 39.8 Å². The molecule has 158 valence electrons. The number of carbonyl (C=O) groups is 1. The minimum absolute atomic E-state index is 0.00169. The summed E-state index contributed by atoms with van der Waals surface area (Å²) in [7, 11) is 0. The standard InChI is InChI=1S/C25H28O5/c1-14(2)5-7-16-11-19(22(28)12-21(16)27)24-13-23(29)18-9-10-20(26)17(25(18)30-24)8-6-15(3)4/h5-6,9-12,24,26-28H,7-8,13H2,1-4H3. The fraction of sp³-hybridized carbons (Fsp3) is 0.320. The third kappa shape index (κ3) is 4.51. The molecule has 1 aliphatic heterocycles. The molecule has 1 aliphatic rings. The second kappa shape index (κ2) is 8.66. The Hall–Kier alpha value is -3.21. The molecule has 1 unspecified atom stereocenters. The number of Topliss-reactive ketones (excluding diaryl/α,β-unsaturated/α-hetero) is 1. The van der Waals surface area contributed by atoms with Crippen molar-refractivity contribution in [3.05, 3.63) is 69.8 Å². The van der Waals surface area contributed by atoms with Gasteiger partial charge in [-0.2, -0.15) is 0 Å². The minimum atomic E-state index is -0.705. The van der Waals surface area contributed by atoms with E-state index in [1.165, 1.54) is 12.1 Å². The second-order valence-electron chi connectivity index (χ2n) is 8.18. The number of benzene rings is 2. The molecule has 0 bridgehead atoms. The summed E-state index contributed by atoms with van der Waals surface area (Å²) >= 11 is 0. The molecule has 2 aromatic carbocycles. The van der Waals surface area contributed by atoms with Crippen molar-refractivity contribution in [2.75, 3.05) is 0 Å². The molecule has 30 heavy (non-hydrogen) atoms. The lowest BCUT2D eigenvalue weighted by molar-refractivity contribution is 0.0844. The van der Waals surface area contributed by atoms with Crippen LogP contribution >= 0.6 is 0 Å². The maximum Gasteiger partial charge on any atom is 0.170 e. The normalized spacial score (nSPS) is 15.2. The quantitative estimate of drug-likeness (QED) is 0.567. The van der Waals surface area contributed by atoms with E-state index in [9.17, 15) is 20.1 Å². The minimum Gasteiger partial charge on any atom is -0.508 e. The molecule has 0 fully saturated rings. The van der Waals surface area contributed by atoms with Crippen molar-refractivity contribution in [3.63, 3.8) is 0 Å². The van der Waals surface area contributed by atoms with Crippen LogP contribution in [0.5, 0.6) is 23.0 Å². The number of phenols is 3. The molecular formula is C25H28O5. The van der Waals surface area contributed by atoms with E-state index in [1.54, 1.807) is 12.1 Å². The molecule has 0 amide bonds. The van der Waals surface area contributed by atoms with Gasteiger partial charge in [0.25, 0.3) is 0 Å². The fourth-order valence-corrected chi connectivity index (χ4v) is 3.49. The molecule has 0 saturated carbocycles. The van der Waals surface area contributed by atoms with Crippen LogP contribution in [0, 0.1) is 0 Å². The number of fused-ring (bicyclic) bond motifs is 1. The summed E-state index contributed by atoms with van der Waals surface area (Å²) in [5.41, 5.74) is 4.28. The Balaban J connectivity index is 2.03. The number of ether oxygens (including phenoxy) is 1. The lowest BCUT2D eigenvalue weighted by Crippen LogP contribution is -2.21. The smallest absolute Gasteiger partial charge is 0.170 e. The molecular weight excluding hydrogens is 380 g/mol. The first-order chi connectivity index (χ1) is 14.2. The molecule has 2 aromatic rings. The number of ketones is 1. The van der Waals surface area contributed by atoms with Crippen molar-refractivity contribution in [2.45, 2.75) is 53.1 Å². The molecule has 1 heterocycles. The van der Waals surface area contributed by atoms with Gasteiger partial charge in [-0.25, -0.2) is 0 Å². The Labute approximate surface area is 177 Å². The highest BCUT2D eigenvalue weighted by Gasteiger charge is 2.32. The Kier molecular flexibility index (Phi) is 6.20. The van der Waals surface area contributed by atoms with Crippen LogP contribution in [0.25, 0.3) is 0 Å². The van der Waals surface area contributed by atoms with Gasteiger partial charge in [0.15, 0.2) is 5.78 Å². The summed E-state index contributed by atoms with van der Waals surface area (Å²) in [4.78, 5) is 12.8. The zero-order valence-electron chi connectivity index (χ0n) is 17.8. The van der Waals surface area contributed by atoms with Gasteiger partial charge in [0.1, 0.15) is 29.1 Å². The van der Waals surface area contributed by atoms with E-state index in [4.69, 9.17) is 4.74 Å². The average molecular weight is 408 g/mol. The number of allylic oxidation sites excluding steroid dienone is 4. The number of rotatable bonds is 5. The number of aromatic hydroxyl groups is 3. The summed E-state index contributed by atoms with van der Waals surface area (Å²) in [6.45, 7) is 7.87. The number of carbonyl (C=O) groups excluding carboxylic acids is 1. The van der Waals surface area contributed by atoms with Gasteiger partial charge in [0.05, 0.1) is 12.0 Å². The van der Waals surface area contributed by atoms with Gasteiger partial charge in [-0.1, -0.05) is 23.3 Å². The van der Waals surface area contributed by atoms with Crippen molar-refractivity contribution in [1.29, 1.82) is 0 Å². The molecule has 5 heteroatoms. The molecule has 3 N–H and O–H groups in total. The fourth-order valence-electron chi connectivity index (χ4n) is 3.49. The molecule has 0 aromatic heterocycles. The molecule has 0 radical (unpaired) electrons. The van der Waals surface area contributed by atoms with Gasteiger partial charge in [0.2, 0.25) is 0 Å². The van der Waals surface area contributed by atoms with Crippen molar-refractivity contribution < 1.29 is 24.9 Å². The predicted octanol–water partition coefficient (Wildman–Crippen LogP) is 5.53. The lowest BCUT2D eigenvalue weighted by atomic mass is 9.91. The first-order valence-electron chi connectivity index (χ1n) is 10.0. The van der Waals surface area contributed by atoms with Crippen LogP contribution in [-0.2, 0) is 12.8 Å². The topological polar surface area (TPSA) is 87.0 Å². The van der Waals surface area contributed by atoms with Gasteiger partial charge in [0, 0.05) is 17.2 Å². The van der Waals surface area contributed by atoms with Gasteiger partial charge in [-0.3, -0.25) is 4.79 Å². The van der Waals surface area contributed by atoms with Crippen LogP contribution in [0.15, 0.2) is 47.6 Å². The predicted molar refractivity (Wildman–Crippen MR) is 116 cm³/mol. The zero-order chi connectivity index (χ0) is 22.0. The molecule has 1 atom stereocenters. The molecule has 0 saturated heterocycles. The number of phenolic OH excluding ortho intramolecular Hbond substituents is 3. The van der Waals surface area contributed by atoms with Gasteiger partial charge < -0.3 is 20.1 Å². The molecule has 5 nitrogen and oxygen atoms in total. The van der Waals surface area contributed by atoms with Crippen molar-refractivity contribution in [3.8, 4) is 23.0 Å². The Morgan fingerprint density at radius 2 is 1.63 bits per heavy atom. The lowest BCUT2D eigenvalue weighted by Gasteiger charge is -2.28. The van der Waals surface area contributed by atoms with Crippen LogP contribution in [0.4, 0.5) is 0 Å². The second-order valence-corrected chi connectivity index (χ2v) is 8.18. The van der Waals surface area contributed by atoms with E-state index < -0.39 is 6.10 Å². The maximum atomic E-state index is 12.8. The SMILES string of the molecule is CC(C)=CCc1cc(C2CC(=O)c3ccc(O)c(CC=C(C)C)c3O2)c(O)cc1O. The van der Waals surface area contributed by atoms with Gasteiger partial charge in [-0.15, -0.1) is 0 Å². The summed E-state index contributed by atoms with van der Waals surface area (Å²) in [5.74, 6) is 0.183. The highest BCUT2D eigenvalue weighted by atomic mass is 16.5. The summed E-state index contributed by atoms with van der Waals surface area (Å²) in [6.07, 6.45) is 4.25. The van der Waals surface area contributed by atoms with E-state index >= 15 is 0 Å². The number of hydrogen-bond acceptors (Lipinski definition) is 5. The van der Waals surface area contributed by atoms with Crippen LogP contribution in [0.2, 0.25) is 0 Å². The summed E-state index contributed by atoms with van der Waals surface area (Å²) in [5, 5.41) is 31.0.